The van der Waals surface area contributed by atoms with Gasteiger partial charge in [0.25, 0.3) is 0 Å². The van der Waals surface area contributed by atoms with Crippen LogP contribution >= 0.6 is 0 Å². The standard InChI is InChI=1S/C20H11AsO5/c21-15-3-1-2-14-18(15)19(24)26-20(14)12-6-4-10(22)8-16(12)25-17-9-11(23)5-7-13(17)20/h1-9,22-23H. The van der Waals surface area contributed by atoms with E-state index in [2.05, 4.69) is 16.9 Å². The first kappa shape index (κ1) is 15.4. The van der Waals surface area contributed by atoms with Crippen LogP contribution in [0, 0.1) is 0 Å². The summed E-state index contributed by atoms with van der Waals surface area (Å²) in [7, 11) is 0. The van der Waals surface area contributed by atoms with Gasteiger partial charge in [0.15, 0.2) is 0 Å². The Balaban J connectivity index is 1.92. The van der Waals surface area contributed by atoms with E-state index in [4.69, 9.17) is 9.47 Å². The molecule has 0 bridgehead atoms. The number of carbonyl (C=O) groups excluding carboxylic acids is 1. The normalized spacial score (nSPS) is 15.7. The van der Waals surface area contributed by atoms with E-state index in [9.17, 15) is 15.0 Å². The van der Waals surface area contributed by atoms with Crippen molar-refractivity contribution < 1.29 is 24.5 Å². The first-order valence-corrected chi connectivity index (χ1v) is 8.85. The maximum atomic E-state index is 12.7. The molecule has 2 heterocycles. The van der Waals surface area contributed by atoms with Gasteiger partial charge in [-0.1, -0.05) is 0 Å². The van der Waals surface area contributed by atoms with Gasteiger partial charge in [0.05, 0.1) is 0 Å². The van der Waals surface area contributed by atoms with Crippen LogP contribution in [-0.2, 0) is 10.3 Å². The number of phenolic OH excluding ortho intramolecular Hbond substituents is 2. The summed E-state index contributed by atoms with van der Waals surface area (Å²) < 4.78 is 12.6. The molecule has 5 rings (SSSR count). The van der Waals surface area contributed by atoms with Gasteiger partial charge in [-0.2, -0.15) is 0 Å². The molecule has 1 spiro atoms. The maximum absolute atomic E-state index is 12.7. The fraction of sp³-hybridized carbons (Fsp3) is 0.0500. The zero-order valence-electron chi connectivity index (χ0n) is 13.3. The van der Waals surface area contributed by atoms with E-state index in [-0.39, 0.29) is 11.5 Å². The molecular formula is C20H11AsO5. The number of benzene rings is 3. The van der Waals surface area contributed by atoms with Crippen molar-refractivity contribution in [1.82, 2.24) is 0 Å². The second-order valence-corrected chi connectivity index (χ2v) is 7.24. The molecule has 3 aromatic rings. The van der Waals surface area contributed by atoms with Crippen LogP contribution in [0.25, 0.3) is 0 Å². The van der Waals surface area contributed by atoms with Crippen molar-refractivity contribution in [3.63, 3.8) is 0 Å². The third-order valence-corrected chi connectivity index (χ3v) is 5.56. The Morgan fingerprint density at radius 1 is 0.846 bits per heavy atom. The van der Waals surface area contributed by atoms with E-state index >= 15 is 0 Å². The summed E-state index contributed by atoms with van der Waals surface area (Å²) in [6, 6.07) is 15.0. The summed E-state index contributed by atoms with van der Waals surface area (Å²) in [5.41, 5.74) is 1.28. The predicted molar refractivity (Wildman–Crippen MR) is 93.4 cm³/mol. The number of fused-ring (bicyclic) bond motifs is 6. The quantitative estimate of drug-likeness (QED) is 0.443. The van der Waals surface area contributed by atoms with E-state index in [0.717, 1.165) is 4.35 Å². The second-order valence-electron chi connectivity index (χ2n) is 6.23. The second kappa shape index (κ2) is 5.05. The minimum absolute atomic E-state index is 0.0351. The molecule has 0 fully saturated rings. The number of phenols is 2. The van der Waals surface area contributed by atoms with Gasteiger partial charge >= 0.3 is 157 Å². The zero-order valence-corrected chi connectivity index (χ0v) is 15.1. The molecule has 2 radical (unpaired) electrons. The van der Waals surface area contributed by atoms with Crippen molar-refractivity contribution in [3.8, 4) is 23.0 Å². The monoisotopic (exact) mass is 406 g/mol. The average molecular weight is 406 g/mol. The number of hydrogen-bond donors (Lipinski definition) is 2. The molecule has 6 heteroatoms. The van der Waals surface area contributed by atoms with Crippen molar-refractivity contribution >= 4 is 27.2 Å². The number of carbonyl (C=O) groups is 1. The van der Waals surface area contributed by atoms with Crippen LogP contribution in [0.4, 0.5) is 0 Å². The SMILES string of the molecule is O=C1OC2(c3ccc(O)cc3Oc3cc(O)ccc32)c2cccc([As])c21. The average Bonchev–Trinajstić information content (AvgIpc) is 2.89. The first-order chi connectivity index (χ1) is 12.5. The summed E-state index contributed by atoms with van der Waals surface area (Å²) in [5.74, 6) is 0.400. The van der Waals surface area contributed by atoms with Crippen LogP contribution in [0.15, 0.2) is 54.6 Å². The van der Waals surface area contributed by atoms with Gasteiger partial charge in [0.2, 0.25) is 0 Å². The molecule has 0 aromatic heterocycles. The number of ether oxygens (including phenoxy) is 2. The molecule has 0 unspecified atom stereocenters. The minimum atomic E-state index is -1.19. The Morgan fingerprint density at radius 3 is 2.08 bits per heavy atom. The van der Waals surface area contributed by atoms with Crippen LogP contribution < -0.4 is 9.09 Å². The predicted octanol–water partition coefficient (Wildman–Crippen LogP) is 2.46. The Hall–Kier alpha value is -2.91. The van der Waals surface area contributed by atoms with E-state index < -0.39 is 11.6 Å². The van der Waals surface area contributed by atoms with Crippen molar-refractivity contribution in [2.75, 3.05) is 0 Å². The van der Waals surface area contributed by atoms with Crippen molar-refractivity contribution in [3.05, 3.63) is 76.9 Å². The molecule has 2 N–H and O–H groups in total. The topological polar surface area (TPSA) is 76.0 Å². The first-order valence-electron chi connectivity index (χ1n) is 7.91. The summed E-state index contributed by atoms with van der Waals surface area (Å²) in [6.45, 7) is 0. The van der Waals surface area contributed by atoms with E-state index in [1.165, 1.54) is 24.3 Å². The van der Waals surface area contributed by atoms with Crippen LogP contribution in [0.2, 0.25) is 0 Å². The number of rotatable bonds is 0. The Bertz CT molecular complexity index is 1050. The van der Waals surface area contributed by atoms with Crippen LogP contribution in [0.5, 0.6) is 23.0 Å². The molecule has 5 nitrogen and oxygen atoms in total. The van der Waals surface area contributed by atoms with Crippen LogP contribution in [0.1, 0.15) is 27.0 Å². The van der Waals surface area contributed by atoms with Crippen molar-refractivity contribution in [2.45, 2.75) is 5.60 Å². The third kappa shape index (κ3) is 1.84. The van der Waals surface area contributed by atoms with Gasteiger partial charge in [-0.15, -0.1) is 0 Å². The molecule has 0 atom stereocenters. The Kier molecular flexibility index (Phi) is 2.98. The summed E-state index contributed by atoms with van der Waals surface area (Å²) in [5, 5.41) is 19.7. The molecule has 126 valence electrons. The van der Waals surface area contributed by atoms with Gasteiger partial charge in [-0.05, 0) is 0 Å². The van der Waals surface area contributed by atoms with Crippen molar-refractivity contribution in [2.24, 2.45) is 0 Å². The van der Waals surface area contributed by atoms with Gasteiger partial charge in [0, 0.05) is 0 Å². The van der Waals surface area contributed by atoms with Gasteiger partial charge < -0.3 is 0 Å². The Morgan fingerprint density at radius 2 is 1.46 bits per heavy atom. The molecule has 3 aromatic carbocycles. The van der Waals surface area contributed by atoms with E-state index in [0.29, 0.717) is 33.8 Å². The molecule has 0 amide bonds. The van der Waals surface area contributed by atoms with Gasteiger partial charge in [-0.3, -0.25) is 0 Å². The van der Waals surface area contributed by atoms with Crippen molar-refractivity contribution in [1.29, 1.82) is 0 Å². The van der Waals surface area contributed by atoms with Gasteiger partial charge in [0.1, 0.15) is 0 Å². The molecule has 2 aliphatic rings. The fourth-order valence-corrected chi connectivity index (χ4v) is 4.35. The fourth-order valence-electron chi connectivity index (χ4n) is 3.73. The van der Waals surface area contributed by atoms with E-state index in [1.54, 1.807) is 12.1 Å². The summed E-state index contributed by atoms with van der Waals surface area (Å²) >= 11 is 2.39. The summed E-state index contributed by atoms with van der Waals surface area (Å²) in [4.78, 5) is 12.7. The molecule has 0 saturated heterocycles. The molecule has 2 aliphatic heterocycles. The number of hydrogen-bond acceptors (Lipinski definition) is 5. The number of esters is 1. The zero-order chi connectivity index (χ0) is 18.1. The number of aromatic hydroxyl groups is 2. The molecule has 26 heavy (non-hydrogen) atoms. The molecular weight excluding hydrogens is 395 g/mol. The molecule has 0 saturated carbocycles. The Labute approximate surface area is 157 Å². The molecule has 0 aliphatic carbocycles. The van der Waals surface area contributed by atoms with Gasteiger partial charge in [-0.25, -0.2) is 0 Å². The van der Waals surface area contributed by atoms with E-state index in [1.807, 2.05) is 18.2 Å². The van der Waals surface area contributed by atoms with Crippen LogP contribution in [0.3, 0.4) is 0 Å². The third-order valence-electron chi connectivity index (χ3n) is 4.78. The summed E-state index contributed by atoms with van der Waals surface area (Å²) in [6.07, 6.45) is 0. The van der Waals surface area contributed by atoms with Crippen LogP contribution in [-0.4, -0.2) is 33.0 Å².